The number of halogens is 1. The van der Waals surface area contributed by atoms with Gasteiger partial charge in [0.25, 0.3) is 0 Å². The van der Waals surface area contributed by atoms with Crippen molar-refractivity contribution in [2.75, 3.05) is 0 Å². The summed E-state index contributed by atoms with van der Waals surface area (Å²) < 4.78 is 0. The van der Waals surface area contributed by atoms with Crippen LogP contribution in [0.2, 0.25) is 5.02 Å². The van der Waals surface area contributed by atoms with E-state index in [1.54, 1.807) is 11.8 Å². The fourth-order valence-corrected chi connectivity index (χ4v) is 3.16. The smallest absolute Gasteiger partial charge is 0.166 e. The molecule has 104 valence electrons. The third-order valence-electron chi connectivity index (χ3n) is 3.21. The number of thioether (sulfide) groups is 1. The molecule has 0 unspecified atom stereocenters. The van der Waals surface area contributed by atoms with Gasteiger partial charge in [0.15, 0.2) is 5.16 Å². The van der Waals surface area contributed by atoms with Crippen molar-refractivity contribution in [2.24, 2.45) is 0 Å². The second-order valence-corrected chi connectivity index (χ2v) is 6.09. The maximum atomic E-state index is 5.98. The molecule has 0 spiro atoms. The van der Waals surface area contributed by atoms with Crippen LogP contribution in [0.15, 0.2) is 47.6 Å². The van der Waals surface area contributed by atoms with Gasteiger partial charge in [0.1, 0.15) is 5.82 Å². The highest BCUT2D eigenvalue weighted by Crippen LogP contribution is 2.24. The van der Waals surface area contributed by atoms with Crippen molar-refractivity contribution in [3.8, 4) is 0 Å². The average Bonchev–Trinajstić information content (AvgIpc) is 3.07. The summed E-state index contributed by atoms with van der Waals surface area (Å²) in [4.78, 5) is 15.7. The van der Waals surface area contributed by atoms with Crippen molar-refractivity contribution in [1.82, 2.24) is 19.9 Å². The van der Waals surface area contributed by atoms with Gasteiger partial charge in [0.05, 0.1) is 27.8 Å². The highest BCUT2D eigenvalue weighted by Gasteiger charge is 2.07. The van der Waals surface area contributed by atoms with Crippen LogP contribution in [-0.4, -0.2) is 19.9 Å². The zero-order valence-corrected chi connectivity index (χ0v) is 12.5. The number of nitrogens with zero attached hydrogens (tertiary/aromatic N) is 2. The molecule has 6 heteroatoms. The Kier molecular flexibility index (Phi) is 3.09. The summed E-state index contributed by atoms with van der Waals surface area (Å²) >= 11 is 7.59. The van der Waals surface area contributed by atoms with Gasteiger partial charge in [-0.2, -0.15) is 0 Å². The minimum Gasteiger partial charge on any atom is -0.341 e. The van der Waals surface area contributed by atoms with E-state index in [-0.39, 0.29) is 0 Å². The van der Waals surface area contributed by atoms with Crippen molar-refractivity contribution in [3.63, 3.8) is 0 Å². The van der Waals surface area contributed by atoms with E-state index in [1.807, 2.05) is 42.5 Å². The Morgan fingerprint density at radius 2 is 1.81 bits per heavy atom. The minimum atomic E-state index is 0.708. The maximum absolute atomic E-state index is 5.98. The van der Waals surface area contributed by atoms with Crippen LogP contribution in [0.25, 0.3) is 22.1 Å². The molecule has 0 radical (unpaired) electrons. The standard InChI is InChI=1S/C15H11ClN4S/c16-9-5-6-12-13(7-9)20-15(19-12)21-8-14-17-10-3-1-2-4-11(10)18-14/h1-7H,8H2,(H,17,18)(H,19,20). The number of nitrogens with one attached hydrogen (secondary N) is 2. The summed E-state index contributed by atoms with van der Waals surface area (Å²) in [5, 5.41) is 1.58. The van der Waals surface area contributed by atoms with Crippen molar-refractivity contribution in [1.29, 1.82) is 0 Å². The number of rotatable bonds is 3. The van der Waals surface area contributed by atoms with Crippen LogP contribution in [-0.2, 0) is 5.75 Å². The van der Waals surface area contributed by atoms with Crippen LogP contribution in [0, 0.1) is 0 Å². The number of aromatic amines is 2. The number of aromatic nitrogens is 4. The molecule has 4 rings (SSSR count). The topological polar surface area (TPSA) is 57.4 Å². The Morgan fingerprint density at radius 3 is 2.71 bits per heavy atom. The number of hydrogen-bond acceptors (Lipinski definition) is 3. The van der Waals surface area contributed by atoms with E-state index in [2.05, 4.69) is 19.9 Å². The highest BCUT2D eigenvalue weighted by atomic mass is 35.5. The van der Waals surface area contributed by atoms with E-state index in [0.29, 0.717) is 5.02 Å². The zero-order valence-electron chi connectivity index (χ0n) is 10.9. The monoisotopic (exact) mass is 314 g/mol. The van der Waals surface area contributed by atoms with Gasteiger partial charge < -0.3 is 9.97 Å². The van der Waals surface area contributed by atoms with Crippen molar-refractivity contribution >= 4 is 45.4 Å². The molecule has 0 bridgehead atoms. The van der Waals surface area contributed by atoms with Gasteiger partial charge in [-0.15, -0.1) is 0 Å². The Labute approximate surface area is 130 Å². The molecule has 4 nitrogen and oxygen atoms in total. The molecule has 21 heavy (non-hydrogen) atoms. The quantitative estimate of drug-likeness (QED) is 0.552. The number of para-hydroxylation sites is 2. The van der Waals surface area contributed by atoms with E-state index in [9.17, 15) is 0 Å². The number of benzene rings is 2. The normalized spacial score (nSPS) is 11.5. The average molecular weight is 315 g/mol. The molecule has 2 heterocycles. The number of imidazole rings is 2. The lowest BCUT2D eigenvalue weighted by atomic mass is 10.3. The van der Waals surface area contributed by atoms with E-state index in [0.717, 1.165) is 38.8 Å². The Balaban J connectivity index is 1.57. The van der Waals surface area contributed by atoms with Crippen LogP contribution in [0.4, 0.5) is 0 Å². The molecule has 0 fully saturated rings. The molecule has 0 aliphatic carbocycles. The summed E-state index contributed by atoms with van der Waals surface area (Å²) in [6, 6.07) is 13.7. The minimum absolute atomic E-state index is 0.708. The first kappa shape index (κ1) is 12.7. The lowest BCUT2D eigenvalue weighted by Gasteiger charge is -1.93. The van der Waals surface area contributed by atoms with E-state index >= 15 is 0 Å². The molecule has 0 saturated carbocycles. The molecule has 0 aliphatic heterocycles. The molecule has 4 aromatic rings. The summed E-state index contributed by atoms with van der Waals surface area (Å²) in [6.07, 6.45) is 0. The number of hydrogen-bond donors (Lipinski definition) is 2. The first-order valence-electron chi connectivity index (χ1n) is 6.50. The first-order chi connectivity index (χ1) is 10.3. The van der Waals surface area contributed by atoms with E-state index in [4.69, 9.17) is 11.6 Å². The van der Waals surface area contributed by atoms with Crippen molar-refractivity contribution < 1.29 is 0 Å². The lowest BCUT2D eigenvalue weighted by molar-refractivity contribution is 1.06. The van der Waals surface area contributed by atoms with Gasteiger partial charge in [0, 0.05) is 5.02 Å². The first-order valence-corrected chi connectivity index (χ1v) is 7.86. The van der Waals surface area contributed by atoms with Crippen LogP contribution < -0.4 is 0 Å². The number of H-pyrrole nitrogens is 2. The maximum Gasteiger partial charge on any atom is 0.166 e. The molecular formula is C15H11ClN4S. The highest BCUT2D eigenvalue weighted by molar-refractivity contribution is 7.98. The summed E-state index contributed by atoms with van der Waals surface area (Å²) in [5.41, 5.74) is 3.93. The van der Waals surface area contributed by atoms with E-state index in [1.165, 1.54) is 0 Å². The number of fused-ring (bicyclic) bond motifs is 2. The fraction of sp³-hybridized carbons (Fsp3) is 0.0667. The second kappa shape index (κ2) is 5.09. The van der Waals surface area contributed by atoms with Crippen molar-refractivity contribution in [3.05, 3.63) is 53.3 Å². The summed E-state index contributed by atoms with van der Waals surface area (Å²) in [7, 11) is 0. The Morgan fingerprint density at radius 1 is 0.952 bits per heavy atom. The molecule has 0 amide bonds. The third kappa shape index (κ3) is 2.50. The molecule has 2 aromatic heterocycles. The fourth-order valence-electron chi connectivity index (χ4n) is 2.24. The lowest BCUT2D eigenvalue weighted by Crippen LogP contribution is -1.84. The molecule has 2 N–H and O–H groups in total. The second-order valence-electron chi connectivity index (χ2n) is 4.69. The predicted molar refractivity (Wildman–Crippen MR) is 86.8 cm³/mol. The van der Waals surface area contributed by atoms with Crippen molar-refractivity contribution in [2.45, 2.75) is 10.9 Å². The zero-order chi connectivity index (χ0) is 14.2. The molecular weight excluding hydrogens is 304 g/mol. The summed E-state index contributed by atoms with van der Waals surface area (Å²) in [5.74, 6) is 1.68. The third-order valence-corrected chi connectivity index (χ3v) is 4.33. The largest absolute Gasteiger partial charge is 0.341 e. The molecule has 0 atom stereocenters. The van der Waals surface area contributed by atoms with Crippen LogP contribution >= 0.6 is 23.4 Å². The molecule has 0 saturated heterocycles. The van der Waals surface area contributed by atoms with Gasteiger partial charge in [-0.3, -0.25) is 0 Å². The van der Waals surface area contributed by atoms with Crippen LogP contribution in [0.5, 0.6) is 0 Å². The Hall–Kier alpha value is -1.98. The van der Waals surface area contributed by atoms with Gasteiger partial charge >= 0.3 is 0 Å². The van der Waals surface area contributed by atoms with Gasteiger partial charge in [-0.25, -0.2) is 9.97 Å². The van der Waals surface area contributed by atoms with Crippen LogP contribution in [0.1, 0.15) is 5.82 Å². The van der Waals surface area contributed by atoms with Crippen LogP contribution in [0.3, 0.4) is 0 Å². The molecule has 2 aromatic carbocycles. The molecule has 0 aliphatic rings. The van der Waals surface area contributed by atoms with Gasteiger partial charge in [0.2, 0.25) is 0 Å². The SMILES string of the molecule is Clc1ccc2nc(SCc3nc4ccccc4[nH]3)[nH]c2c1. The predicted octanol–water partition coefficient (Wildman–Crippen LogP) is 4.38. The van der Waals surface area contributed by atoms with Gasteiger partial charge in [-0.05, 0) is 30.3 Å². The van der Waals surface area contributed by atoms with E-state index < -0.39 is 0 Å². The van der Waals surface area contributed by atoms with Gasteiger partial charge in [-0.1, -0.05) is 35.5 Å². The summed E-state index contributed by atoms with van der Waals surface area (Å²) in [6.45, 7) is 0. The Bertz CT molecular complexity index is 895.